The van der Waals surface area contributed by atoms with E-state index in [2.05, 4.69) is 0 Å². The highest BCUT2D eigenvalue weighted by Gasteiger charge is 2.40. The Kier molecular flexibility index (Phi) is 6.67. The highest BCUT2D eigenvalue weighted by Crippen LogP contribution is 2.19. The Balaban J connectivity index is 2.36. The van der Waals surface area contributed by atoms with Crippen molar-refractivity contribution in [3.8, 4) is 0 Å². The molecule has 7 heteroatoms. The smallest absolute Gasteiger partial charge is 0.303 e. The lowest BCUT2D eigenvalue weighted by atomic mass is 9.94. The first-order valence-electron chi connectivity index (χ1n) is 6.58. The summed E-state index contributed by atoms with van der Waals surface area (Å²) in [6.45, 7) is 0.453. The van der Waals surface area contributed by atoms with Gasteiger partial charge in [0.05, 0.1) is 18.8 Å². The molecule has 1 aliphatic rings. The van der Waals surface area contributed by atoms with E-state index in [1.54, 1.807) is 4.90 Å². The zero-order valence-corrected chi connectivity index (χ0v) is 10.9. The third-order valence-corrected chi connectivity index (χ3v) is 3.55. The fourth-order valence-corrected chi connectivity index (χ4v) is 2.40. The molecule has 1 rings (SSSR count). The average molecular weight is 277 g/mol. The molecule has 1 saturated heterocycles. The number of carbonyl (C=O) groups is 1. The summed E-state index contributed by atoms with van der Waals surface area (Å²) in [6, 6.07) is -0.585. The van der Waals surface area contributed by atoms with Crippen LogP contribution in [-0.2, 0) is 4.79 Å². The standard InChI is InChI=1S/C12H23NO6/c14-7-8-11(18)12(19)9(15)6-13(8)5-3-1-2-4-10(16)17/h8-9,11-12,14-15,18-19H,1-7H2,(H,16,17)/t8-,9+,11+,12-/m1/s1. The van der Waals surface area contributed by atoms with Gasteiger partial charge in [0.15, 0.2) is 0 Å². The van der Waals surface area contributed by atoms with E-state index in [4.69, 9.17) is 5.11 Å². The molecule has 1 aliphatic heterocycles. The summed E-state index contributed by atoms with van der Waals surface area (Å²) in [7, 11) is 0. The van der Waals surface area contributed by atoms with Crippen LogP contribution in [0.25, 0.3) is 0 Å². The van der Waals surface area contributed by atoms with Crippen LogP contribution >= 0.6 is 0 Å². The van der Waals surface area contributed by atoms with Crippen LogP contribution in [0.15, 0.2) is 0 Å². The van der Waals surface area contributed by atoms with Gasteiger partial charge in [-0.2, -0.15) is 0 Å². The van der Waals surface area contributed by atoms with E-state index < -0.39 is 30.3 Å². The molecule has 0 aromatic carbocycles. The Morgan fingerprint density at radius 2 is 1.79 bits per heavy atom. The van der Waals surface area contributed by atoms with Gasteiger partial charge in [0.25, 0.3) is 0 Å². The highest BCUT2D eigenvalue weighted by molar-refractivity contribution is 5.66. The van der Waals surface area contributed by atoms with Gasteiger partial charge in [0.1, 0.15) is 12.2 Å². The molecule has 7 nitrogen and oxygen atoms in total. The maximum atomic E-state index is 10.3. The molecule has 0 aromatic heterocycles. The number of β-amino-alcohol motifs (C(OH)–C–C–N with tert-alkyl or cyclic N) is 1. The Labute approximate surface area is 112 Å². The Morgan fingerprint density at radius 3 is 2.37 bits per heavy atom. The first kappa shape index (κ1) is 16.3. The predicted molar refractivity (Wildman–Crippen MR) is 66.6 cm³/mol. The first-order chi connectivity index (χ1) is 8.97. The lowest BCUT2D eigenvalue weighted by molar-refractivity contribution is -0.145. The molecule has 19 heavy (non-hydrogen) atoms. The van der Waals surface area contributed by atoms with Crippen molar-refractivity contribution in [3.05, 3.63) is 0 Å². The molecule has 5 N–H and O–H groups in total. The van der Waals surface area contributed by atoms with Crippen LogP contribution in [0, 0.1) is 0 Å². The van der Waals surface area contributed by atoms with Crippen molar-refractivity contribution in [2.24, 2.45) is 0 Å². The molecule has 0 saturated carbocycles. The molecule has 0 radical (unpaired) electrons. The van der Waals surface area contributed by atoms with Gasteiger partial charge in [0, 0.05) is 13.0 Å². The van der Waals surface area contributed by atoms with Crippen LogP contribution in [0.2, 0.25) is 0 Å². The molecule has 0 spiro atoms. The molecule has 0 bridgehead atoms. The Hall–Kier alpha value is -0.730. The molecule has 4 atom stereocenters. The quantitative estimate of drug-likeness (QED) is 0.355. The molecular weight excluding hydrogens is 254 g/mol. The molecule has 0 aromatic rings. The minimum atomic E-state index is -1.24. The number of aliphatic carboxylic acids is 1. The monoisotopic (exact) mass is 277 g/mol. The Morgan fingerprint density at radius 1 is 1.11 bits per heavy atom. The van der Waals surface area contributed by atoms with Gasteiger partial charge in [-0.05, 0) is 19.4 Å². The van der Waals surface area contributed by atoms with E-state index in [-0.39, 0.29) is 19.6 Å². The minimum Gasteiger partial charge on any atom is -0.481 e. The number of nitrogens with zero attached hydrogens (tertiary/aromatic N) is 1. The van der Waals surface area contributed by atoms with Crippen LogP contribution in [0.1, 0.15) is 25.7 Å². The zero-order valence-electron chi connectivity index (χ0n) is 10.9. The third kappa shape index (κ3) is 4.70. The largest absolute Gasteiger partial charge is 0.481 e. The Bertz CT molecular complexity index is 287. The lowest BCUT2D eigenvalue weighted by Crippen LogP contribution is -2.62. The van der Waals surface area contributed by atoms with Crippen LogP contribution in [0.3, 0.4) is 0 Å². The summed E-state index contributed by atoms with van der Waals surface area (Å²) in [6.07, 6.45) is -1.27. The summed E-state index contributed by atoms with van der Waals surface area (Å²) >= 11 is 0. The second-order valence-electron chi connectivity index (χ2n) is 5.00. The molecule has 0 unspecified atom stereocenters. The number of carboxylic acids is 1. The number of hydrogen-bond acceptors (Lipinski definition) is 6. The SMILES string of the molecule is O=C(O)CCCCCN1C[C@H](O)[C@@H](O)[C@@H](O)[C@H]1CO. The van der Waals surface area contributed by atoms with E-state index in [0.29, 0.717) is 13.0 Å². The van der Waals surface area contributed by atoms with Crippen molar-refractivity contribution in [3.63, 3.8) is 0 Å². The van der Waals surface area contributed by atoms with Crippen LogP contribution in [0.4, 0.5) is 0 Å². The van der Waals surface area contributed by atoms with Crippen molar-refractivity contribution in [1.82, 2.24) is 4.90 Å². The summed E-state index contributed by atoms with van der Waals surface area (Å²) in [5.74, 6) is -0.819. The number of hydrogen-bond donors (Lipinski definition) is 5. The van der Waals surface area contributed by atoms with Crippen molar-refractivity contribution < 1.29 is 30.3 Å². The normalized spacial score (nSPS) is 32.4. The molecule has 1 heterocycles. The van der Waals surface area contributed by atoms with Gasteiger partial charge in [-0.15, -0.1) is 0 Å². The molecule has 1 fully saturated rings. The number of likely N-dealkylation sites (tertiary alicyclic amines) is 1. The van der Waals surface area contributed by atoms with Crippen LogP contribution in [-0.4, -0.2) is 80.5 Å². The number of unbranched alkanes of at least 4 members (excludes halogenated alkanes) is 2. The third-order valence-electron chi connectivity index (χ3n) is 3.55. The van der Waals surface area contributed by atoms with Crippen LogP contribution < -0.4 is 0 Å². The summed E-state index contributed by atoms with van der Waals surface area (Å²) in [5.41, 5.74) is 0. The molecule has 0 amide bonds. The van der Waals surface area contributed by atoms with Crippen molar-refractivity contribution >= 4 is 5.97 Å². The number of aliphatic hydroxyl groups is 4. The van der Waals surface area contributed by atoms with Gasteiger partial charge < -0.3 is 25.5 Å². The van der Waals surface area contributed by atoms with Gasteiger partial charge in [0.2, 0.25) is 0 Å². The number of aliphatic hydroxyl groups excluding tert-OH is 4. The van der Waals surface area contributed by atoms with E-state index in [9.17, 15) is 25.2 Å². The second-order valence-corrected chi connectivity index (χ2v) is 5.00. The zero-order chi connectivity index (χ0) is 14.4. The van der Waals surface area contributed by atoms with Gasteiger partial charge >= 0.3 is 5.97 Å². The van der Waals surface area contributed by atoms with E-state index in [1.165, 1.54) is 0 Å². The molecule has 112 valence electrons. The fraction of sp³-hybridized carbons (Fsp3) is 0.917. The van der Waals surface area contributed by atoms with E-state index >= 15 is 0 Å². The summed E-state index contributed by atoms with van der Waals surface area (Å²) in [5, 5.41) is 46.6. The maximum absolute atomic E-state index is 10.3. The van der Waals surface area contributed by atoms with Gasteiger partial charge in [-0.1, -0.05) is 6.42 Å². The van der Waals surface area contributed by atoms with Gasteiger partial charge in [-0.3, -0.25) is 9.69 Å². The number of carboxylic acid groups (broad SMARTS) is 1. The van der Waals surface area contributed by atoms with Crippen LogP contribution in [0.5, 0.6) is 0 Å². The molecule has 0 aliphatic carbocycles. The summed E-state index contributed by atoms with van der Waals surface area (Å²) < 4.78 is 0. The van der Waals surface area contributed by atoms with Crippen molar-refractivity contribution in [1.29, 1.82) is 0 Å². The molecular formula is C12H23NO6. The predicted octanol–water partition coefficient (Wildman–Crippen LogP) is -1.61. The first-order valence-corrected chi connectivity index (χ1v) is 6.58. The topological polar surface area (TPSA) is 121 Å². The fourth-order valence-electron chi connectivity index (χ4n) is 2.40. The highest BCUT2D eigenvalue weighted by atomic mass is 16.4. The summed E-state index contributed by atoms with van der Waals surface area (Å²) in [4.78, 5) is 12.1. The van der Waals surface area contributed by atoms with E-state index in [0.717, 1.165) is 12.8 Å². The van der Waals surface area contributed by atoms with Gasteiger partial charge in [-0.25, -0.2) is 0 Å². The second kappa shape index (κ2) is 7.76. The minimum absolute atomic E-state index is 0.132. The van der Waals surface area contributed by atoms with Crippen molar-refractivity contribution in [2.45, 2.75) is 50.0 Å². The number of rotatable bonds is 7. The maximum Gasteiger partial charge on any atom is 0.303 e. The lowest BCUT2D eigenvalue weighted by Gasteiger charge is -2.43. The number of piperidine rings is 1. The van der Waals surface area contributed by atoms with E-state index in [1.807, 2.05) is 0 Å². The van der Waals surface area contributed by atoms with Crippen molar-refractivity contribution in [2.75, 3.05) is 19.7 Å². The average Bonchev–Trinajstić information content (AvgIpc) is 2.35.